The maximum atomic E-state index is 14.0. The smallest absolute Gasteiger partial charge is 0.192 e. The fourth-order valence-corrected chi connectivity index (χ4v) is 3.30. The molecule has 2 rings (SSSR count). The van der Waals surface area contributed by atoms with Crippen LogP contribution < -0.4 is 10.4 Å². The summed E-state index contributed by atoms with van der Waals surface area (Å²) in [6.45, 7) is 0. The van der Waals surface area contributed by atoms with E-state index >= 15 is 0 Å². The highest BCUT2D eigenvalue weighted by Crippen LogP contribution is 2.44. The van der Waals surface area contributed by atoms with Crippen LogP contribution in [0.5, 0.6) is 0 Å². The van der Waals surface area contributed by atoms with E-state index in [0.717, 1.165) is 24.3 Å². The molecule has 172 valence electrons. The molecule has 0 saturated heterocycles. The van der Waals surface area contributed by atoms with Gasteiger partial charge in [0.05, 0.1) is 45.0 Å². The summed E-state index contributed by atoms with van der Waals surface area (Å²) in [6, 6.07) is 10.8. The van der Waals surface area contributed by atoms with Crippen LogP contribution >= 0.6 is 0 Å². The first-order chi connectivity index (χ1) is 16.9. The third-order valence-corrected chi connectivity index (χ3v) is 4.70. The third-order valence-electron chi connectivity index (χ3n) is 4.70. The van der Waals surface area contributed by atoms with Gasteiger partial charge in [0.25, 0.3) is 0 Å². The molecule has 0 radical (unpaired) electrons. The summed E-state index contributed by atoms with van der Waals surface area (Å²) in [5.41, 5.74) is -12.1. The highest BCUT2D eigenvalue weighted by molar-refractivity contribution is 5.85. The average Bonchev–Trinajstić information content (AvgIpc) is 2.83. The molecule has 0 atom stereocenters. The zero-order chi connectivity index (χ0) is 27.4. The summed E-state index contributed by atoms with van der Waals surface area (Å²) in [6.07, 6.45) is -11.2. The van der Waals surface area contributed by atoms with Crippen molar-refractivity contribution in [3.8, 4) is 42.5 Å². The first-order valence-electron chi connectivity index (χ1n) is 8.94. The van der Waals surface area contributed by atoms with Crippen LogP contribution in [-0.2, 0) is 12.4 Å². The van der Waals surface area contributed by atoms with Crippen LogP contribution in [0.25, 0.3) is 11.1 Å². The lowest BCUT2D eigenvalue weighted by Crippen LogP contribution is -2.24. The van der Waals surface area contributed by atoms with E-state index < -0.39 is 67.7 Å². The van der Waals surface area contributed by atoms with Crippen molar-refractivity contribution in [2.75, 3.05) is 0 Å². The lowest BCUT2D eigenvalue weighted by atomic mass is 9.86. The standard InChI is InChI=1S/C23H3F6N7/c24-22(25,26)19-3-11(4-30)20(21(18(19)10-36)23(27,28)29)17(9-35)14-2-1-13(12(5-31)6-32)15(7-33)16(14)8-34/h1-3H/b17-14+. The number of nitrogens with zero attached hydrogens (tertiary/aromatic N) is 7. The first-order valence-corrected chi connectivity index (χ1v) is 8.94. The number of rotatable bonds is 1. The predicted molar refractivity (Wildman–Crippen MR) is 104 cm³/mol. The van der Waals surface area contributed by atoms with Crippen molar-refractivity contribution in [3.63, 3.8) is 0 Å². The second-order valence-corrected chi connectivity index (χ2v) is 6.54. The van der Waals surface area contributed by atoms with Crippen LogP contribution in [0.15, 0.2) is 18.2 Å². The van der Waals surface area contributed by atoms with Gasteiger partial charge in [-0.25, -0.2) is 0 Å². The molecule has 0 N–H and O–H groups in total. The quantitative estimate of drug-likeness (QED) is 0.552. The van der Waals surface area contributed by atoms with E-state index in [4.69, 9.17) is 10.5 Å². The Morgan fingerprint density at radius 2 is 1.11 bits per heavy atom. The molecule has 0 spiro atoms. The fourth-order valence-electron chi connectivity index (χ4n) is 3.30. The summed E-state index contributed by atoms with van der Waals surface area (Å²) in [4.78, 5) is 0. The molecule has 2 aromatic carbocycles. The number of alkyl halides is 6. The molecule has 0 aromatic heterocycles. The maximum absolute atomic E-state index is 14.0. The Kier molecular flexibility index (Phi) is 7.04. The van der Waals surface area contributed by atoms with Crippen LogP contribution in [0.2, 0.25) is 0 Å². The maximum Gasteiger partial charge on any atom is 0.418 e. The molecule has 0 heterocycles. The van der Waals surface area contributed by atoms with Crippen molar-refractivity contribution in [2.45, 2.75) is 12.4 Å². The Morgan fingerprint density at radius 1 is 0.611 bits per heavy atom. The highest BCUT2D eigenvalue weighted by atomic mass is 19.4. The van der Waals surface area contributed by atoms with E-state index in [2.05, 4.69) is 0 Å². The highest BCUT2D eigenvalue weighted by Gasteiger charge is 2.45. The van der Waals surface area contributed by atoms with Gasteiger partial charge in [-0.05, 0) is 6.07 Å². The zero-order valence-electron chi connectivity index (χ0n) is 17.1. The van der Waals surface area contributed by atoms with Gasteiger partial charge in [0.2, 0.25) is 0 Å². The van der Waals surface area contributed by atoms with E-state index in [1.165, 1.54) is 30.3 Å². The van der Waals surface area contributed by atoms with Crippen molar-refractivity contribution >= 4 is 11.1 Å². The summed E-state index contributed by atoms with van der Waals surface area (Å²) < 4.78 is 82.4. The molecule has 0 unspecified atom stereocenters. The molecular formula is C23H3F6N7. The largest absolute Gasteiger partial charge is 0.418 e. The Hall–Kier alpha value is -5.81. The van der Waals surface area contributed by atoms with E-state index in [-0.39, 0.29) is 11.3 Å². The normalized spacial score (nSPS) is 11.3. The van der Waals surface area contributed by atoms with E-state index in [0.29, 0.717) is 0 Å². The molecule has 2 aromatic rings. The molecule has 0 aliphatic carbocycles. The second-order valence-electron chi connectivity index (χ2n) is 6.54. The van der Waals surface area contributed by atoms with Gasteiger partial charge in [-0.2, -0.15) is 63.2 Å². The molecule has 36 heavy (non-hydrogen) atoms. The van der Waals surface area contributed by atoms with Gasteiger partial charge in [0, 0.05) is 16.0 Å². The monoisotopic (exact) mass is 491 g/mol. The fraction of sp³-hybridized carbons (Fsp3) is 0.0870. The summed E-state index contributed by atoms with van der Waals surface area (Å²) in [5, 5.41) is 64.4. The summed E-state index contributed by atoms with van der Waals surface area (Å²) in [5.74, 6) is 0. The van der Waals surface area contributed by atoms with Gasteiger partial charge in [-0.15, -0.1) is 0 Å². The van der Waals surface area contributed by atoms with Gasteiger partial charge in [-0.3, -0.25) is 0 Å². The molecule has 0 aliphatic heterocycles. The van der Waals surface area contributed by atoms with Gasteiger partial charge in [0.1, 0.15) is 42.0 Å². The second kappa shape index (κ2) is 9.59. The SMILES string of the molecule is N#CC(C#N)=c1cc/c(=C(/C#N)c2c(C#N)cc(C(F)(F)F)c(C#N)c2C(F)(F)F)c(C#N)c1C#N. The molecule has 0 bridgehead atoms. The number of hydrogen-bond acceptors (Lipinski definition) is 7. The molecular weight excluding hydrogens is 488 g/mol. The Morgan fingerprint density at radius 3 is 1.50 bits per heavy atom. The minimum atomic E-state index is -5.68. The molecule has 0 saturated carbocycles. The number of halogens is 6. The van der Waals surface area contributed by atoms with Crippen LogP contribution in [0.3, 0.4) is 0 Å². The van der Waals surface area contributed by atoms with Crippen LogP contribution in [-0.4, -0.2) is 0 Å². The minimum absolute atomic E-state index is 0.0245. The molecule has 13 heteroatoms. The summed E-state index contributed by atoms with van der Waals surface area (Å²) >= 11 is 0. The Balaban J connectivity index is 3.46. The van der Waals surface area contributed by atoms with Crippen molar-refractivity contribution in [1.82, 2.24) is 0 Å². The van der Waals surface area contributed by atoms with E-state index in [9.17, 15) is 52.7 Å². The molecule has 0 amide bonds. The predicted octanol–water partition coefficient (Wildman–Crippen LogP) is 3.13. The minimum Gasteiger partial charge on any atom is -0.192 e. The first kappa shape index (κ1) is 26.4. The van der Waals surface area contributed by atoms with Crippen molar-refractivity contribution in [3.05, 3.63) is 67.6 Å². The van der Waals surface area contributed by atoms with Crippen LogP contribution in [0.4, 0.5) is 26.3 Å². The van der Waals surface area contributed by atoms with E-state index in [1.54, 1.807) is 0 Å². The number of benzene rings is 2. The average molecular weight is 491 g/mol. The Labute approximate surface area is 197 Å². The van der Waals surface area contributed by atoms with Gasteiger partial charge in [-0.1, -0.05) is 12.1 Å². The molecule has 7 nitrogen and oxygen atoms in total. The van der Waals surface area contributed by atoms with Crippen LogP contribution in [0, 0.1) is 79.3 Å². The number of hydrogen-bond donors (Lipinski definition) is 0. The van der Waals surface area contributed by atoms with E-state index in [1.807, 2.05) is 0 Å². The lowest BCUT2D eigenvalue weighted by Gasteiger charge is -2.19. The van der Waals surface area contributed by atoms with Crippen LogP contribution in [0.1, 0.15) is 38.9 Å². The lowest BCUT2D eigenvalue weighted by molar-refractivity contribution is -0.143. The molecule has 0 fully saturated rings. The van der Waals surface area contributed by atoms with Gasteiger partial charge >= 0.3 is 12.4 Å². The topological polar surface area (TPSA) is 167 Å². The van der Waals surface area contributed by atoms with Crippen molar-refractivity contribution in [1.29, 1.82) is 36.8 Å². The number of nitriles is 7. The van der Waals surface area contributed by atoms with Gasteiger partial charge in [0.15, 0.2) is 0 Å². The summed E-state index contributed by atoms with van der Waals surface area (Å²) in [7, 11) is 0. The van der Waals surface area contributed by atoms with Crippen molar-refractivity contribution < 1.29 is 26.3 Å². The van der Waals surface area contributed by atoms with Gasteiger partial charge < -0.3 is 0 Å². The Bertz CT molecular complexity index is 1720. The third kappa shape index (κ3) is 4.35. The molecule has 0 aliphatic rings. The zero-order valence-corrected chi connectivity index (χ0v) is 17.1. The van der Waals surface area contributed by atoms with Crippen molar-refractivity contribution in [2.24, 2.45) is 0 Å².